The number of nitro groups is 2. The molecule has 2 aromatic carbocycles. The van der Waals surface area contributed by atoms with Gasteiger partial charge in [0.25, 0.3) is 17.8 Å². The first-order chi connectivity index (χ1) is 18.1. The minimum absolute atomic E-state index is 0.125. The number of ether oxygens (including phenoxy) is 4. The number of non-ortho nitro benzene ring substituents is 2. The maximum Gasteiger partial charge on any atom is 0.410 e. The minimum Gasteiger partial charge on any atom is -0.493 e. The first-order valence-electron chi connectivity index (χ1n) is 11.5. The summed E-state index contributed by atoms with van der Waals surface area (Å²) in [6, 6.07) is 5.91. The predicted octanol–water partition coefficient (Wildman–Crippen LogP) is 3.60. The zero-order valence-corrected chi connectivity index (χ0v) is 21.3. The predicted molar refractivity (Wildman–Crippen MR) is 133 cm³/mol. The molecule has 14 nitrogen and oxygen atoms in total. The van der Waals surface area contributed by atoms with Crippen LogP contribution in [0, 0.1) is 20.2 Å². The third-order valence-electron chi connectivity index (χ3n) is 6.30. The molecule has 0 fully saturated rings. The quantitative estimate of drug-likeness (QED) is 0.236. The molecule has 14 heteroatoms. The summed E-state index contributed by atoms with van der Waals surface area (Å²) in [6.45, 7) is 2.62. The Labute approximate surface area is 217 Å². The number of nitrogens with zero attached hydrogens (tertiary/aromatic N) is 4. The fourth-order valence-corrected chi connectivity index (χ4v) is 4.56. The first-order valence-corrected chi connectivity index (χ1v) is 11.5. The van der Waals surface area contributed by atoms with Crippen molar-refractivity contribution in [3.63, 3.8) is 0 Å². The number of carbonyl (C=O) groups excluding carboxylic acids is 2. The van der Waals surface area contributed by atoms with E-state index in [0.29, 0.717) is 42.2 Å². The van der Waals surface area contributed by atoms with E-state index >= 15 is 0 Å². The SMILES string of the molecule is COC(=O)N(Cc1cc([N+](=O)[O-])cc([N+](=O)[O-])c1)C1CCN(C(C)COC=O)c2cc(OC)c(OC)cc21. The number of hydrogen-bond donors (Lipinski definition) is 0. The van der Waals surface area contributed by atoms with Crippen LogP contribution in [0.1, 0.15) is 30.5 Å². The monoisotopic (exact) mass is 532 g/mol. The Balaban J connectivity index is 2.12. The summed E-state index contributed by atoms with van der Waals surface area (Å²) in [6.07, 6.45) is -0.323. The topological polar surface area (TPSA) is 164 Å². The molecule has 0 aromatic heterocycles. The van der Waals surface area contributed by atoms with Gasteiger partial charge < -0.3 is 23.8 Å². The Hall–Kier alpha value is -4.62. The van der Waals surface area contributed by atoms with Gasteiger partial charge in [0.15, 0.2) is 11.5 Å². The van der Waals surface area contributed by atoms with Crippen molar-refractivity contribution in [1.29, 1.82) is 0 Å². The fraction of sp³-hybridized carbons (Fsp3) is 0.417. The van der Waals surface area contributed by atoms with Crippen molar-refractivity contribution in [2.45, 2.75) is 32.0 Å². The lowest BCUT2D eigenvalue weighted by molar-refractivity contribution is -0.394. The molecule has 1 heterocycles. The first kappa shape index (κ1) is 28.0. The number of benzene rings is 2. The second-order valence-electron chi connectivity index (χ2n) is 8.51. The smallest absolute Gasteiger partial charge is 0.410 e. The van der Waals surface area contributed by atoms with Gasteiger partial charge in [0.05, 0.1) is 55.9 Å². The second-order valence-corrected chi connectivity index (χ2v) is 8.51. The maximum absolute atomic E-state index is 13.0. The maximum atomic E-state index is 13.0. The summed E-state index contributed by atoms with van der Waals surface area (Å²) < 4.78 is 20.9. The zero-order valence-electron chi connectivity index (χ0n) is 21.3. The van der Waals surface area contributed by atoms with Gasteiger partial charge in [0.2, 0.25) is 0 Å². The van der Waals surface area contributed by atoms with E-state index in [1.54, 1.807) is 12.1 Å². The lowest BCUT2D eigenvalue weighted by Crippen LogP contribution is -2.45. The molecular weight excluding hydrogens is 504 g/mol. The Morgan fingerprint density at radius 3 is 2.21 bits per heavy atom. The van der Waals surface area contributed by atoms with E-state index in [0.717, 1.165) is 6.07 Å². The Morgan fingerprint density at radius 1 is 1.08 bits per heavy atom. The molecular formula is C24H28N4O10. The van der Waals surface area contributed by atoms with Crippen LogP contribution in [0.15, 0.2) is 30.3 Å². The molecule has 1 amide bonds. The van der Waals surface area contributed by atoms with Crippen LogP contribution in [0.3, 0.4) is 0 Å². The van der Waals surface area contributed by atoms with E-state index in [2.05, 4.69) is 0 Å². The summed E-state index contributed by atoms with van der Waals surface area (Å²) in [7, 11) is 4.17. The van der Waals surface area contributed by atoms with Crippen molar-refractivity contribution in [3.8, 4) is 11.5 Å². The molecule has 0 saturated carbocycles. The van der Waals surface area contributed by atoms with E-state index in [4.69, 9.17) is 18.9 Å². The number of fused-ring (bicyclic) bond motifs is 1. The van der Waals surface area contributed by atoms with Crippen LogP contribution in [-0.4, -0.2) is 67.8 Å². The lowest BCUT2D eigenvalue weighted by atomic mass is 9.93. The van der Waals surface area contributed by atoms with Crippen molar-refractivity contribution in [1.82, 2.24) is 4.90 Å². The van der Waals surface area contributed by atoms with Gasteiger partial charge in [-0.2, -0.15) is 0 Å². The average Bonchev–Trinajstić information content (AvgIpc) is 2.92. The number of nitro benzene ring substituents is 2. The highest BCUT2D eigenvalue weighted by atomic mass is 16.6. The van der Waals surface area contributed by atoms with Crippen molar-refractivity contribution < 1.29 is 38.4 Å². The summed E-state index contributed by atoms with van der Waals surface area (Å²) in [5.41, 5.74) is 0.611. The molecule has 1 aliphatic rings. The molecule has 0 aliphatic carbocycles. The molecule has 0 radical (unpaired) electrons. The number of rotatable bonds is 11. The highest BCUT2D eigenvalue weighted by Gasteiger charge is 2.36. The molecule has 0 saturated heterocycles. The van der Waals surface area contributed by atoms with Crippen molar-refractivity contribution in [2.75, 3.05) is 39.4 Å². The normalized spacial score (nSPS) is 15.1. The molecule has 1 aliphatic heterocycles. The van der Waals surface area contributed by atoms with Crippen LogP contribution in [0.4, 0.5) is 21.9 Å². The van der Waals surface area contributed by atoms with Gasteiger partial charge in [-0.25, -0.2) is 4.79 Å². The Bertz CT molecular complexity index is 1190. The third kappa shape index (κ3) is 5.85. The van der Waals surface area contributed by atoms with Gasteiger partial charge in [0, 0.05) is 36.0 Å². The largest absolute Gasteiger partial charge is 0.493 e. The number of hydrogen-bond acceptors (Lipinski definition) is 11. The summed E-state index contributed by atoms with van der Waals surface area (Å²) in [4.78, 5) is 48.4. The van der Waals surface area contributed by atoms with Gasteiger partial charge in [-0.05, 0) is 25.0 Å². The average molecular weight is 533 g/mol. The zero-order chi connectivity index (χ0) is 28.0. The second kappa shape index (κ2) is 12.1. The van der Waals surface area contributed by atoms with Crippen LogP contribution in [0.2, 0.25) is 0 Å². The molecule has 0 bridgehead atoms. The van der Waals surface area contributed by atoms with Gasteiger partial charge in [-0.15, -0.1) is 0 Å². The molecule has 2 unspecified atom stereocenters. The lowest BCUT2D eigenvalue weighted by Gasteiger charge is -2.42. The highest BCUT2D eigenvalue weighted by molar-refractivity contribution is 5.71. The number of methoxy groups -OCH3 is 3. The standard InChI is InChI=1S/C24H28N4O10/c1-15(13-38-14-29)25-6-5-20(19-10-22(35-2)23(36-3)11-21(19)25)26(24(30)37-4)12-16-7-17(27(31)32)9-18(8-16)28(33)34/h7-11,14-15,20H,5-6,12-13H2,1-4H3. The van der Waals surface area contributed by atoms with E-state index in [9.17, 15) is 29.8 Å². The van der Waals surface area contributed by atoms with Crippen molar-refractivity contribution in [2.24, 2.45) is 0 Å². The summed E-state index contributed by atoms with van der Waals surface area (Å²) in [5.74, 6) is 0.852. The number of amides is 1. The molecule has 2 aromatic rings. The van der Waals surface area contributed by atoms with Crippen LogP contribution in [0.5, 0.6) is 11.5 Å². The summed E-state index contributed by atoms with van der Waals surface area (Å²) in [5, 5.41) is 22.8. The van der Waals surface area contributed by atoms with E-state index in [1.165, 1.54) is 38.4 Å². The van der Waals surface area contributed by atoms with E-state index < -0.39 is 33.4 Å². The van der Waals surface area contributed by atoms with Crippen LogP contribution in [-0.2, 0) is 20.8 Å². The molecule has 0 spiro atoms. The van der Waals surface area contributed by atoms with Gasteiger partial charge >= 0.3 is 6.09 Å². The number of anilines is 1. The Morgan fingerprint density at radius 2 is 1.68 bits per heavy atom. The minimum atomic E-state index is -0.729. The van der Waals surface area contributed by atoms with Crippen molar-refractivity contribution in [3.05, 3.63) is 61.7 Å². The van der Waals surface area contributed by atoms with Gasteiger partial charge in [-0.1, -0.05) is 0 Å². The van der Waals surface area contributed by atoms with Crippen LogP contribution < -0.4 is 14.4 Å². The molecule has 3 rings (SSSR count). The molecule has 0 N–H and O–H groups in total. The van der Waals surface area contributed by atoms with Gasteiger partial charge in [0.1, 0.15) is 6.61 Å². The third-order valence-corrected chi connectivity index (χ3v) is 6.30. The number of carbonyl (C=O) groups is 2. The van der Waals surface area contributed by atoms with E-state index in [-0.39, 0.29) is 24.8 Å². The summed E-state index contributed by atoms with van der Waals surface area (Å²) >= 11 is 0. The van der Waals surface area contributed by atoms with Crippen LogP contribution >= 0.6 is 0 Å². The van der Waals surface area contributed by atoms with Crippen molar-refractivity contribution >= 4 is 29.6 Å². The van der Waals surface area contributed by atoms with Gasteiger partial charge in [-0.3, -0.25) is 29.9 Å². The van der Waals surface area contributed by atoms with Crippen LogP contribution in [0.25, 0.3) is 0 Å². The molecule has 204 valence electrons. The molecule has 2 atom stereocenters. The highest BCUT2D eigenvalue weighted by Crippen LogP contribution is 2.45. The fourth-order valence-electron chi connectivity index (χ4n) is 4.56. The van der Waals surface area contributed by atoms with E-state index in [1.807, 2.05) is 11.8 Å². The molecule has 38 heavy (non-hydrogen) atoms. The Kier molecular flexibility index (Phi) is 8.89.